The number of nitrogens with zero attached hydrogens (tertiary/aromatic N) is 4. The van der Waals surface area contributed by atoms with Gasteiger partial charge in [0.05, 0.1) is 41.2 Å². The van der Waals surface area contributed by atoms with Crippen molar-refractivity contribution in [1.82, 2.24) is 20.2 Å². The van der Waals surface area contributed by atoms with Gasteiger partial charge in [0.25, 0.3) is 5.91 Å². The number of aliphatic hydroxyl groups is 1. The van der Waals surface area contributed by atoms with Crippen LogP contribution < -0.4 is 15.5 Å². The Hall–Kier alpha value is -3.77. The van der Waals surface area contributed by atoms with Crippen molar-refractivity contribution in [2.45, 2.75) is 64.8 Å². The van der Waals surface area contributed by atoms with Gasteiger partial charge in [-0.3, -0.25) is 9.59 Å². The van der Waals surface area contributed by atoms with E-state index in [-0.39, 0.29) is 43.3 Å². The van der Waals surface area contributed by atoms with Crippen molar-refractivity contribution < 1.29 is 29.3 Å². The van der Waals surface area contributed by atoms with Crippen molar-refractivity contribution in [3.63, 3.8) is 0 Å². The number of carbonyl (C=O) groups excluding carboxylic acids is 2. The summed E-state index contributed by atoms with van der Waals surface area (Å²) in [6, 6.07) is 6.66. The molecule has 2 aromatic rings. The molecule has 2 unspecified atom stereocenters. The van der Waals surface area contributed by atoms with Gasteiger partial charge in [-0.15, -0.1) is 0 Å². The standard InChI is InChI=1S/C28H38N6O6/c1-5-29-27(38)31-19-8-6-18(7-9-19)24-23(25(37)33(13-12-22(35)36)16-28(3,4)39)17(2)30-26(32-24)34-14-20-10-11-21(15-34)40-20/h6-9,20-21,39H,5,10-16H2,1-4H3,(H,35,36)(H2,29,31,38). The van der Waals surface area contributed by atoms with Crippen molar-refractivity contribution >= 4 is 29.5 Å². The zero-order valence-electron chi connectivity index (χ0n) is 23.4. The number of hydrogen-bond acceptors (Lipinski definition) is 8. The highest BCUT2D eigenvalue weighted by atomic mass is 16.5. The predicted octanol–water partition coefficient (Wildman–Crippen LogP) is 2.65. The van der Waals surface area contributed by atoms with Crippen LogP contribution >= 0.6 is 0 Å². The minimum atomic E-state index is -1.25. The van der Waals surface area contributed by atoms with Gasteiger partial charge >= 0.3 is 12.0 Å². The third-order valence-corrected chi connectivity index (χ3v) is 6.83. The van der Waals surface area contributed by atoms with Crippen molar-refractivity contribution in [3.8, 4) is 11.3 Å². The number of nitrogens with one attached hydrogen (secondary N) is 2. The highest BCUT2D eigenvalue weighted by molar-refractivity contribution is 6.01. The fraction of sp³-hybridized carbons (Fsp3) is 0.536. The average Bonchev–Trinajstić information content (AvgIpc) is 3.22. The number of carboxylic acid groups (broad SMARTS) is 1. The van der Waals surface area contributed by atoms with Gasteiger partial charge in [0.15, 0.2) is 0 Å². The lowest BCUT2D eigenvalue weighted by Gasteiger charge is -2.33. The summed E-state index contributed by atoms with van der Waals surface area (Å²) in [6.07, 6.45) is 1.93. The quantitative estimate of drug-likeness (QED) is 0.347. The maximum absolute atomic E-state index is 14.0. The van der Waals surface area contributed by atoms with Crippen LogP contribution in [-0.2, 0) is 9.53 Å². The molecule has 3 heterocycles. The number of aliphatic carboxylic acids is 1. The monoisotopic (exact) mass is 554 g/mol. The Balaban J connectivity index is 1.75. The normalized spacial score (nSPS) is 18.4. The third-order valence-electron chi connectivity index (χ3n) is 6.83. The van der Waals surface area contributed by atoms with Crippen LogP contribution in [0.3, 0.4) is 0 Å². The zero-order chi connectivity index (χ0) is 29.0. The molecule has 2 bridgehead atoms. The number of amides is 3. The molecule has 12 heteroatoms. The Morgan fingerprint density at radius 1 is 1.12 bits per heavy atom. The maximum Gasteiger partial charge on any atom is 0.319 e. The van der Waals surface area contributed by atoms with Crippen molar-refractivity contribution in [3.05, 3.63) is 35.5 Å². The molecule has 216 valence electrons. The second-order valence-electron chi connectivity index (χ2n) is 10.9. The van der Waals surface area contributed by atoms with Crippen LogP contribution in [0.1, 0.15) is 56.1 Å². The lowest BCUT2D eigenvalue weighted by Crippen LogP contribution is -2.44. The lowest BCUT2D eigenvalue weighted by molar-refractivity contribution is -0.137. The Kier molecular flexibility index (Phi) is 8.89. The molecule has 2 aliphatic heterocycles. The number of carboxylic acids is 1. The number of morpholine rings is 1. The Bertz CT molecular complexity index is 1230. The third kappa shape index (κ3) is 7.24. The fourth-order valence-corrected chi connectivity index (χ4v) is 5.10. The molecule has 0 radical (unpaired) electrons. The molecule has 3 amide bonds. The van der Waals surface area contributed by atoms with Crippen LogP contribution in [0.15, 0.2) is 24.3 Å². The first-order valence-corrected chi connectivity index (χ1v) is 13.6. The minimum absolute atomic E-state index is 0.0675. The van der Waals surface area contributed by atoms with E-state index in [0.717, 1.165) is 12.8 Å². The SMILES string of the molecule is CCNC(=O)Nc1ccc(-c2nc(N3CC4CCC(C3)O4)nc(C)c2C(=O)N(CCC(=O)O)CC(C)(C)O)cc1. The van der Waals surface area contributed by atoms with Crippen molar-refractivity contribution in [2.75, 3.05) is 42.9 Å². The molecule has 4 N–H and O–H groups in total. The van der Waals surface area contributed by atoms with Crippen LogP contribution in [0.25, 0.3) is 11.3 Å². The van der Waals surface area contributed by atoms with Crippen LogP contribution in [0.2, 0.25) is 0 Å². The Morgan fingerprint density at radius 3 is 2.35 bits per heavy atom. The van der Waals surface area contributed by atoms with Crippen molar-refractivity contribution in [2.24, 2.45) is 0 Å². The van der Waals surface area contributed by atoms with E-state index >= 15 is 0 Å². The number of ether oxygens (including phenoxy) is 1. The van der Waals surface area contributed by atoms with Crippen molar-refractivity contribution in [1.29, 1.82) is 0 Å². The molecule has 40 heavy (non-hydrogen) atoms. The largest absolute Gasteiger partial charge is 0.481 e. The summed E-state index contributed by atoms with van der Waals surface area (Å²) >= 11 is 0. The molecule has 1 aromatic carbocycles. The van der Waals surface area contributed by atoms with E-state index < -0.39 is 17.5 Å². The number of anilines is 2. The molecule has 2 saturated heterocycles. The number of hydrogen-bond donors (Lipinski definition) is 4. The number of benzene rings is 1. The predicted molar refractivity (Wildman–Crippen MR) is 149 cm³/mol. The Labute approximate surface area is 233 Å². The average molecular weight is 555 g/mol. The second kappa shape index (κ2) is 12.2. The summed E-state index contributed by atoms with van der Waals surface area (Å²) in [5, 5.41) is 25.2. The fourth-order valence-electron chi connectivity index (χ4n) is 5.10. The van der Waals surface area contributed by atoms with Gasteiger partial charge in [0.1, 0.15) is 0 Å². The molecule has 2 fully saturated rings. The number of aryl methyl sites for hydroxylation is 1. The van der Waals surface area contributed by atoms with Crippen LogP contribution in [0, 0.1) is 6.92 Å². The van der Waals surface area contributed by atoms with Gasteiger partial charge in [-0.2, -0.15) is 0 Å². The molecule has 0 saturated carbocycles. The summed E-state index contributed by atoms with van der Waals surface area (Å²) in [7, 11) is 0. The van der Waals surface area contributed by atoms with E-state index in [1.165, 1.54) is 4.90 Å². The first kappa shape index (κ1) is 29.2. The zero-order valence-corrected chi connectivity index (χ0v) is 23.4. The first-order chi connectivity index (χ1) is 18.9. The second-order valence-corrected chi connectivity index (χ2v) is 10.9. The van der Waals surface area contributed by atoms with E-state index in [9.17, 15) is 24.6 Å². The van der Waals surface area contributed by atoms with E-state index in [1.807, 2.05) is 6.92 Å². The number of fused-ring (bicyclic) bond motifs is 2. The molecule has 12 nitrogen and oxygen atoms in total. The molecule has 4 rings (SSSR count). The Morgan fingerprint density at radius 2 is 1.77 bits per heavy atom. The minimum Gasteiger partial charge on any atom is -0.481 e. The summed E-state index contributed by atoms with van der Waals surface area (Å²) in [4.78, 5) is 50.3. The van der Waals surface area contributed by atoms with Crippen LogP contribution in [-0.4, -0.2) is 93.5 Å². The van der Waals surface area contributed by atoms with Gasteiger partial charge in [-0.1, -0.05) is 12.1 Å². The smallest absolute Gasteiger partial charge is 0.319 e. The number of carbonyl (C=O) groups is 3. The first-order valence-electron chi connectivity index (χ1n) is 13.6. The van der Waals surface area contributed by atoms with Gasteiger partial charge in [-0.25, -0.2) is 14.8 Å². The van der Waals surface area contributed by atoms with Gasteiger partial charge in [-0.05, 0) is 52.7 Å². The highest BCUT2D eigenvalue weighted by Crippen LogP contribution is 2.32. The molecule has 0 spiro atoms. The molecular formula is C28H38N6O6. The molecular weight excluding hydrogens is 516 g/mol. The van der Waals surface area contributed by atoms with Crippen LogP contribution in [0.5, 0.6) is 0 Å². The number of rotatable bonds is 10. The lowest BCUT2D eigenvalue weighted by atomic mass is 10.0. The molecule has 0 aliphatic carbocycles. The summed E-state index contributed by atoms with van der Waals surface area (Å²) in [6.45, 7) is 8.34. The molecule has 2 atom stereocenters. The van der Waals surface area contributed by atoms with E-state index in [0.29, 0.717) is 48.2 Å². The van der Waals surface area contributed by atoms with E-state index in [1.54, 1.807) is 45.0 Å². The summed E-state index contributed by atoms with van der Waals surface area (Å²) < 4.78 is 5.97. The van der Waals surface area contributed by atoms with Crippen LogP contribution in [0.4, 0.5) is 16.4 Å². The summed E-state index contributed by atoms with van der Waals surface area (Å²) in [5.41, 5.74) is 1.04. The molecule has 1 aromatic heterocycles. The number of urea groups is 1. The number of aromatic nitrogens is 2. The topological polar surface area (TPSA) is 157 Å². The van der Waals surface area contributed by atoms with E-state index in [2.05, 4.69) is 15.5 Å². The van der Waals surface area contributed by atoms with Gasteiger partial charge < -0.3 is 35.4 Å². The molecule has 2 aliphatic rings. The van der Waals surface area contributed by atoms with Gasteiger partial charge in [0, 0.05) is 44.0 Å². The maximum atomic E-state index is 14.0. The van der Waals surface area contributed by atoms with E-state index in [4.69, 9.17) is 14.7 Å². The van der Waals surface area contributed by atoms with Gasteiger partial charge in [0.2, 0.25) is 5.95 Å². The summed E-state index contributed by atoms with van der Waals surface area (Å²) in [5.74, 6) is -1.02. The highest BCUT2D eigenvalue weighted by Gasteiger charge is 2.36.